The minimum absolute atomic E-state index is 0.0129. The molecule has 98 valence electrons. The summed E-state index contributed by atoms with van der Waals surface area (Å²) in [6, 6.07) is 0. The molecule has 3 rings (SSSR count). The van der Waals surface area contributed by atoms with Gasteiger partial charge in [-0.1, -0.05) is 0 Å². The van der Waals surface area contributed by atoms with Crippen LogP contribution in [0.3, 0.4) is 0 Å². The summed E-state index contributed by atoms with van der Waals surface area (Å²) in [5.41, 5.74) is -0.0129. The fourth-order valence-corrected chi connectivity index (χ4v) is 5.79. The van der Waals surface area contributed by atoms with E-state index < -0.39 is 10.0 Å². The molecule has 0 aromatic heterocycles. The molecule has 3 atom stereocenters. The second-order valence-electron chi connectivity index (χ2n) is 5.89. The van der Waals surface area contributed by atoms with Crippen molar-refractivity contribution in [1.82, 2.24) is 9.62 Å². The number of rotatable bonds is 2. The maximum atomic E-state index is 12.0. The largest absolute Gasteiger partial charge is 0.316 e. The van der Waals surface area contributed by atoms with Crippen LogP contribution in [0.2, 0.25) is 0 Å². The van der Waals surface area contributed by atoms with E-state index >= 15 is 0 Å². The molecule has 1 saturated carbocycles. The van der Waals surface area contributed by atoms with Gasteiger partial charge >= 0.3 is 0 Å². The second-order valence-corrected chi connectivity index (χ2v) is 7.80. The van der Waals surface area contributed by atoms with Gasteiger partial charge in [0.1, 0.15) is 0 Å². The molecule has 0 amide bonds. The Kier molecular flexibility index (Phi) is 2.76. The Morgan fingerprint density at radius 3 is 2.59 bits per heavy atom. The Balaban J connectivity index is 1.91. The lowest BCUT2D eigenvalue weighted by Gasteiger charge is -2.55. The van der Waals surface area contributed by atoms with E-state index in [-0.39, 0.29) is 5.54 Å². The summed E-state index contributed by atoms with van der Waals surface area (Å²) < 4.78 is 25.8. The second kappa shape index (κ2) is 3.93. The van der Waals surface area contributed by atoms with Crippen LogP contribution in [0.15, 0.2) is 0 Å². The van der Waals surface area contributed by atoms with Crippen LogP contribution in [0.25, 0.3) is 0 Å². The number of hydrogen-bond acceptors (Lipinski definition) is 3. The molecule has 2 saturated heterocycles. The number of sulfonamides is 1. The molecule has 3 unspecified atom stereocenters. The van der Waals surface area contributed by atoms with Gasteiger partial charge in [0.2, 0.25) is 10.0 Å². The summed E-state index contributed by atoms with van der Waals surface area (Å²) in [4.78, 5) is 0. The smallest absolute Gasteiger partial charge is 0.211 e. The summed E-state index contributed by atoms with van der Waals surface area (Å²) >= 11 is 0. The molecule has 0 spiro atoms. The van der Waals surface area contributed by atoms with Crippen LogP contribution in [0, 0.1) is 11.8 Å². The van der Waals surface area contributed by atoms with Gasteiger partial charge in [0.05, 0.1) is 6.26 Å². The molecule has 5 heteroatoms. The standard InChI is InChI=1S/C12H22N2O2S/c1-17(15,16)14-8-5-10-4-6-12(10,14)11-3-2-7-13-9-11/h10-11,13H,2-9H2,1H3. The van der Waals surface area contributed by atoms with Gasteiger partial charge < -0.3 is 5.32 Å². The van der Waals surface area contributed by atoms with Gasteiger partial charge in [0.15, 0.2) is 0 Å². The van der Waals surface area contributed by atoms with Gasteiger partial charge in [-0.25, -0.2) is 8.42 Å². The predicted molar refractivity (Wildman–Crippen MR) is 67.2 cm³/mol. The maximum Gasteiger partial charge on any atom is 0.211 e. The van der Waals surface area contributed by atoms with E-state index in [9.17, 15) is 8.42 Å². The lowest BCUT2D eigenvalue weighted by Crippen LogP contribution is -2.63. The van der Waals surface area contributed by atoms with Crippen molar-refractivity contribution in [2.24, 2.45) is 11.8 Å². The van der Waals surface area contributed by atoms with E-state index in [1.807, 2.05) is 4.31 Å². The molecule has 2 heterocycles. The minimum Gasteiger partial charge on any atom is -0.316 e. The van der Waals surface area contributed by atoms with Crippen molar-refractivity contribution in [2.75, 3.05) is 25.9 Å². The molecule has 0 radical (unpaired) electrons. The molecule has 17 heavy (non-hydrogen) atoms. The Hall–Kier alpha value is -0.130. The minimum atomic E-state index is -3.04. The van der Waals surface area contributed by atoms with E-state index in [1.54, 1.807) is 0 Å². The summed E-state index contributed by atoms with van der Waals surface area (Å²) in [7, 11) is -3.04. The number of fused-ring (bicyclic) bond motifs is 1. The highest BCUT2D eigenvalue weighted by Gasteiger charge is 2.61. The molecule has 1 aliphatic carbocycles. The molecule has 3 aliphatic rings. The molecule has 2 aliphatic heterocycles. The van der Waals surface area contributed by atoms with Gasteiger partial charge in [-0.3, -0.25) is 0 Å². The van der Waals surface area contributed by atoms with E-state index in [0.29, 0.717) is 11.8 Å². The van der Waals surface area contributed by atoms with Crippen LogP contribution < -0.4 is 5.32 Å². The number of nitrogens with one attached hydrogen (secondary N) is 1. The van der Waals surface area contributed by atoms with Crippen LogP contribution in [-0.4, -0.2) is 44.2 Å². The SMILES string of the molecule is CS(=O)(=O)N1CCC2CCC21C1CCCNC1. The lowest BCUT2D eigenvalue weighted by atomic mass is 9.60. The van der Waals surface area contributed by atoms with Crippen LogP contribution in [-0.2, 0) is 10.0 Å². The van der Waals surface area contributed by atoms with Crippen LogP contribution in [0.1, 0.15) is 32.1 Å². The zero-order valence-electron chi connectivity index (χ0n) is 10.5. The highest BCUT2D eigenvalue weighted by Crippen LogP contribution is 2.56. The molecular weight excluding hydrogens is 236 g/mol. The summed E-state index contributed by atoms with van der Waals surface area (Å²) in [6.07, 6.45) is 7.14. The topological polar surface area (TPSA) is 49.4 Å². The molecule has 0 bridgehead atoms. The van der Waals surface area contributed by atoms with Crippen molar-refractivity contribution in [3.05, 3.63) is 0 Å². The molecule has 3 fully saturated rings. The van der Waals surface area contributed by atoms with Crippen LogP contribution in [0.4, 0.5) is 0 Å². The monoisotopic (exact) mass is 258 g/mol. The van der Waals surface area contributed by atoms with Gasteiger partial charge in [0.25, 0.3) is 0 Å². The number of nitrogens with zero attached hydrogens (tertiary/aromatic N) is 1. The van der Waals surface area contributed by atoms with Crippen molar-refractivity contribution >= 4 is 10.0 Å². The van der Waals surface area contributed by atoms with E-state index in [1.165, 1.54) is 25.5 Å². The van der Waals surface area contributed by atoms with Gasteiger partial charge in [-0.05, 0) is 57.0 Å². The molecule has 4 nitrogen and oxygen atoms in total. The Labute approximate surface area is 104 Å². The Morgan fingerprint density at radius 1 is 1.24 bits per heavy atom. The first-order valence-electron chi connectivity index (χ1n) is 6.73. The third-order valence-corrected chi connectivity index (χ3v) is 6.47. The van der Waals surface area contributed by atoms with E-state index in [2.05, 4.69) is 5.32 Å². The summed E-state index contributed by atoms with van der Waals surface area (Å²) in [5, 5.41) is 3.44. The lowest BCUT2D eigenvalue weighted by molar-refractivity contribution is 0.000180. The third kappa shape index (κ3) is 1.66. The Morgan fingerprint density at radius 2 is 2.06 bits per heavy atom. The van der Waals surface area contributed by atoms with Gasteiger partial charge in [-0.15, -0.1) is 0 Å². The van der Waals surface area contributed by atoms with E-state index in [0.717, 1.165) is 32.5 Å². The highest BCUT2D eigenvalue weighted by atomic mass is 32.2. The molecule has 1 N–H and O–H groups in total. The maximum absolute atomic E-state index is 12.0. The molecular formula is C12H22N2O2S. The van der Waals surface area contributed by atoms with Crippen LogP contribution >= 0.6 is 0 Å². The quantitative estimate of drug-likeness (QED) is 0.797. The third-order valence-electron chi connectivity index (χ3n) is 5.15. The molecule has 0 aromatic carbocycles. The van der Waals surface area contributed by atoms with Gasteiger partial charge in [0, 0.05) is 12.1 Å². The van der Waals surface area contributed by atoms with Gasteiger partial charge in [-0.2, -0.15) is 4.31 Å². The van der Waals surface area contributed by atoms with E-state index in [4.69, 9.17) is 0 Å². The number of hydrogen-bond donors (Lipinski definition) is 1. The van der Waals surface area contributed by atoms with Crippen LogP contribution in [0.5, 0.6) is 0 Å². The first kappa shape index (κ1) is 11.9. The van der Waals surface area contributed by atoms with Crippen molar-refractivity contribution in [2.45, 2.75) is 37.6 Å². The first-order valence-corrected chi connectivity index (χ1v) is 8.58. The highest BCUT2D eigenvalue weighted by molar-refractivity contribution is 7.88. The van der Waals surface area contributed by atoms with Crippen molar-refractivity contribution in [3.8, 4) is 0 Å². The fraction of sp³-hybridized carbons (Fsp3) is 1.00. The normalized spacial score (nSPS) is 43.1. The molecule has 0 aromatic rings. The van der Waals surface area contributed by atoms with Crippen molar-refractivity contribution in [1.29, 1.82) is 0 Å². The summed E-state index contributed by atoms with van der Waals surface area (Å²) in [6.45, 7) is 2.85. The predicted octanol–water partition coefficient (Wildman–Crippen LogP) is 0.800. The zero-order valence-corrected chi connectivity index (χ0v) is 11.3. The Bertz CT molecular complexity index is 403. The first-order chi connectivity index (χ1) is 8.05. The van der Waals surface area contributed by atoms with Crippen molar-refractivity contribution < 1.29 is 8.42 Å². The van der Waals surface area contributed by atoms with Crippen molar-refractivity contribution in [3.63, 3.8) is 0 Å². The average Bonchev–Trinajstić information content (AvgIpc) is 2.52. The summed E-state index contributed by atoms with van der Waals surface area (Å²) in [5.74, 6) is 1.16. The number of piperidine rings is 1. The average molecular weight is 258 g/mol. The fourth-order valence-electron chi connectivity index (χ4n) is 4.34. The zero-order chi connectivity index (χ0) is 12.1.